The highest BCUT2D eigenvalue weighted by Gasteiger charge is 2.43. The second-order valence-corrected chi connectivity index (χ2v) is 6.95. The number of nitrogens with one attached hydrogen (secondary N) is 1. The van der Waals surface area contributed by atoms with Gasteiger partial charge in [0.05, 0.1) is 5.56 Å². The lowest BCUT2D eigenvalue weighted by Crippen LogP contribution is -2.41. The number of nitrogens with zero attached hydrogens (tertiary/aromatic N) is 2. The maximum atomic E-state index is 12.2. The molecule has 1 unspecified atom stereocenters. The molecule has 0 fully saturated rings. The van der Waals surface area contributed by atoms with Crippen LogP contribution in [0, 0.1) is 17.8 Å². The molecule has 3 N–H and O–H groups in total. The molecule has 7 heteroatoms. The molecule has 0 spiro atoms. The van der Waals surface area contributed by atoms with Gasteiger partial charge < -0.3 is 15.5 Å². The molecule has 1 aromatic rings. The van der Waals surface area contributed by atoms with Gasteiger partial charge in [-0.05, 0) is 32.8 Å². The van der Waals surface area contributed by atoms with E-state index in [1.165, 1.54) is 26.1 Å². The number of aliphatic hydroxyl groups is 1. The molecule has 0 bridgehead atoms. The van der Waals surface area contributed by atoms with E-state index in [0.29, 0.717) is 5.56 Å². The fourth-order valence-corrected chi connectivity index (χ4v) is 2.16. The number of pyridine rings is 1. The first-order valence-corrected chi connectivity index (χ1v) is 7.84. The first kappa shape index (κ1) is 18.6. The summed E-state index contributed by atoms with van der Waals surface area (Å²) in [5, 5.41) is 21.7. The van der Waals surface area contributed by atoms with E-state index in [2.05, 4.69) is 27.1 Å². The van der Waals surface area contributed by atoms with Crippen LogP contribution in [0.2, 0.25) is 0 Å². The third-order valence-electron chi connectivity index (χ3n) is 4.02. The van der Waals surface area contributed by atoms with Gasteiger partial charge >= 0.3 is 5.97 Å². The highest BCUT2D eigenvalue weighted by Crippen LogP contribution is 2.27. The van der Waals surface area contributed by atoms with Crippen molar-refractivity contribution in [2.75, 3.05) is 0 Å². The monoisotopic (exact) mass is 343 g/mol. The Bertz CT molecular complexity index is 825. The predicted octanol–water partition coefficient (Wildman–Crippen LogP) is 1.19. The summed E-state index contributed by atoms with van der Waals surface area (Å²) in [5.41, 5.74) is -1.86. The third-order valence-corrected chi connectivity index (χ3v) is 4.02. The summed E-state index contributed by atoms with van der Waals surface area (Å²) in [6.45, 7) is 8.48. The minimum atomic E-state index is -1.20. The molecule has 1 aliphatic heterocycles. The minimum absolute atomic E-state index is 0.0600. The smallest absolute Gasteiger partial charge is 0.338 e. The van der Waals surface area contributed by atoms with E-state index in [9.17, 15) is 19.8 Å². The quantitative estimate of drug-likeness (QED) is 0.714. The second kappa shape index (κ2) is 6.30. The van der Waals surface area contributed by atoms with Crippen LogP contribution in [0.15, 0.2) is 17.3 Å². The van der Waals surface area contributed by atoms with Crippen molar-refractivity contribution in [1.29, 1.82) is 0 Å². The van der Waals surface area contributed by atoms with Gasteiger partial charge in [0.15, 0.2) is 5.84 Å². The zero-order chi connectivity index (χ0) is 19.0. The molecule has 0 radical (unpaired) electrons. The van der Waals surface area contributed by atoms with Crippen molar-refractivity contribution < 1.29 is 19.8 Å². The number of hydrogen-bond acceptors (Lipinski definition) is 5. The van der Waals surface area contributed by atoms with Crippen LogP contribution in [-0.4, -0.2) is 44.0 Å². The zero-order valence-electron chi connectivity index (χ0n) is 14.8. The first-order valence-electron chi connectivity index (χ1n) is 7.84. The Morgan fingerprint density at radius 3 is 2.52 bits per heavy atom. The Hall–Kier alpha value is -2.72. The normalized spacial score (nSPS) is 20.0. The number of hydrogen-bond donors (Lipinski definition) is 3. The van der Waals surface area contributed by atoms with Crippen molar-refractivity contribution in [3.63, 3.8) is 0 Å². The lowest BCUT2D eigenvalue weighted by molar-refractivity contribution is -0.124. The number of carbonyl (C=O) groups excluding carboxylic acids is 1. The molecular formula is C18H21N3O4. The largest absolute Gasteiger partial charge is 0.478 e. The zero-order valence-corrected chi connectivity index (χ0v) is 14.8. The van der Waals surface area contributed by atoms with E-state index in [4.69, 9.17) is 0 Å². The maximum Gasteiger partial charge on any atom is 0.338 e. The van der Waals surface area contributed by atoms with Gasteiger partial charge in [-0.1, -0.05) is 25.7 Å². The third kappa shape index (κ3) is 3.86. The van der Waals surface area contributed by atoms with Gasteiger partial charge in [0.25, 0.3) is 5.91 Å². The van der Waals surface area contributed by atoms with E-state index in [0.717, 1.165) is 0 Å². The highest BCUT2D eigenvalue weighted by molar-refractivity contribution is 6.17. The number of amides is 1. The number of carbonyl (C=O) groups is 2. The summed E-state index contributed by atoms with van der Waals surface area (Å²) >= 11 is 0. The molecule has 1 amide bonds. The summed E-state index contributed by atoms with van der Waals surface area (Å²) in [7, 11) is 0. The van der Waals surface area contributed by atoms with Crippen LogP contribution in [0.4, 0.5) is 0 Å². The SMILES string of the molecule is CC(C)C1(C)N=C(c2ncc(C#CC(C)(C)O)cc2C(=O)O)NC1=O. The molecule has 1 aliphatic rings. The summed E-state index contributed by atoms with van der Waals surface area (Å²) < 4.78 is 0. The molecule has 1 atom stereocenters. The average molecular weight is 343 g/mol. The molecule has 0 saturated heterocycles. The Kier molecular flexibility index (Phi) is 4.69. The van der Waals surface area contributed by atoms with E-state index in [1.807, 2.05) is 13.8 Å². The molecule has 2 rings (SSSR count). The highest BCUT2D eigenvalue weighted by atomic mass is 16.4. The van der Waals surface area contributed by atoms with Gasteiger partial charge in [-0.15, -0.1) is 0 Å². The van der Waals surface area contributed by atoms with E-state index in [1.54, 1.807) is 6.92 Å². The molecule has 25 heavy (non-hydrogen) atoms. The van der Waals surface area contributed by atoms with E-state index in [-0.39, 0.29) is 28.9 Å². The molecule has 132 valence electrons. The van der Waals surface area contributed by atoms with Gasteiger partial charge in [-0.25, -0.2) is 9.79 Å². The van der Waals surface area contributed by atoms with Gasteiger partial charge in [0, 0.05) is 11.8 Å². The number of rotatable bonds is 3. The number of carboxylic acid groups (broad SMARTS) is 1. The van der Waals surface area contributed by atoms with Crippen molar-refractivity contribution in [2.45, 2.75) is 45.8 Å². The summed E-state index contributed by atoms with van der Waals surface area (Å²) in [6, 6.07) is 1.35. The van der Waals surface area contributed by atoms with Crippen LogP contribution < -0.4 is 5.32 Å². The van der Waals surface area contributed by atoms with E-state index < -0.39 is 17.1 Å². The summed E-state index contributed by atoms with van der Waals surface area (Å²) in [4.78, 5) is 32.3. The Morgan fingerprint density at radius 2 is 2.04 bits per heavy atom. The standard InChI is InChI=1S/C18H21N3O4/c1-10(2)18(5)16(24)20-14(21-18)13-12(15(22)23)8-11(9-19-13)6-7-17(3,4)25/h8-10,25H,1-5H3,(H,22,23)(H,20,21,24). The molecule has 1 aromatic heterocycles. The van der Waals surface area contributed by atoms with Gasteiger partial charge in [-0.2, -0.15) is 0 Å². The molecule has 2 heterocycles. The van der Waals surface area contributed by atoms with Crippen LogP contribution in [0.25, 0.3) is 0 Å². The fourth-order valence-electron chi connectivity index (χ4n) is 2.16. The van der Waals surface area contributed by atoms with Gasteiger partial charge in [-0.3, -0.25) is 9.78 Å². The minimum Gasteiger partial charge on any atom is -0.478 e. The fraction of sp³-hybridized carbons (Fsp3) is 0.444. The van der Waals surface area contributed by atoms with Crippen molar-refractivity contribution in [2.24, 2.45) is 10.9 Å². The number of amidine groups is 1. The number of aromatic nitrogens is 1. The Labute approximate surface area is 146 Å². The van der Waals surface area contributed by atoms with Gasteiger partial charge in [0.1, 0.15) is 16.8 Å². The van der Waals surface area contributed by atoms with Crippen LogP contribution in [0.3, 0.4) is 0 Å². The molecule has 7 nitrogen and oxygen atoms in total. The molecule has 0 aromatic carbocycles. The van der Waals surface area contributed by atoms with Crippen LogP contribution in [-0.2, 0) is 4.79 Å². The average Bonchev–Trinajstić information content (AvgIpc) is 2.81. The Morgan fingerprint density at radius 1 is 1.40 bits per heavy atom. The van der Waals surface area contributed by atoms with Crippen LogP contribution >= 0.6 is 0 Å². The van der Waals surface area contributed by atoms with Crippen LogP contribution in [0.1, 0.15) is 56.2 Å². The molecular weight excluding hydrogens is 322 g/mol. The van der Waals surface area contributed by atoms with Crippen LogP contribution in [0.5, 0.6) is 0 Å². The lowest BCUT2D eigenvalue weighted by Gasteiger charge is -2.21. The predicted molar refractivity (Wildman–Crippen MR) is 92.3 cm³/mol. The van der Waals surface area contributed by atoms with Crippen molar-refractivity contribution in [3.05, 3.63) is 29.1 Å². The number of aromatic carboxylic acids is 1. The summed E-state index contributed by atoms with van der Waals surface area (Å²) in [6.07, 6.45) is 1.39. The second-order valence-electron chi connectivity index (χ2n) is 6.95. The number of carboxylic acids is 1. The molecule has 0 saturated carbocycles. The summed E-state index contributed by atoms with van der Waals surface area (Å²) in [5.74, 6) is 3.87. The first-order chi connectivity index (χ1) is 11.4. The lowest BCUT2D eigenvalue weighted by atomic mass is 9.89. The Balaban J connectivity index is 2.51. The van der Waals surface area contributed by atoms with E-state index >= 15 is 0 Å². The maximum absolute atomic E-state index is 12.2. The van der Waals surface area contributed by atoms with Crippen molar-refractivity contribution >= 4 is 17.7 Å². The molecule has 0 aliphatic carbocycles. The van der Waals surface area contributed by atoms with Gasteiger partial charge in [0.2, 0.25) is 0 Å². The van der Waals surface area contributed by atoms with Crippen molar-refractivity contribution in [3.8, 4) is 11.8 Å². The topological polar surface area (TPSA) is 112 Å². The number of aliphatic imine (C=N–C) groups is 1. The van der Waals surface area contributed by atoms with Crippen molar-refractivity contribution in [1.82, 2.24) is 10.3 Å².